The SMILES string of the molecule is O=C(CC1(O)CCCCC1)NNc1ccccc1Cl. The first kappa shape index (κ1) is 14.2. The minimum absolute atomic E-state index is 0.129. The van der Waals surface area contributed by atoms with Crippen molar-refractivity contribution in [2.75, 3.05) is 5.43 Å². The fourth-order valence-electron chi connectivity index (χ4n) is 2.43. The summed E-state index contributed by atoms with van der Waals surface area (Å²) in [6.07, 6.45) is 4.65. The lowest BCUT2D eigenvalue weighted by atomic mass is 9.82. The van der Waals surface area contributed by atoms with E-state index in [4.69, 9.17) is 11.6 Å². The molecule has 0 saturated heterocycles. The number of para-hydroxylation sites is 1. The van der Waals surface area contributed by atoms with Crippen molar-refractivity contribution in [2.24, 2.45) is 0 Å². The van der Waals surface area contributed by atoms with Gasteiger partial charge < -0.3 is 5.11 Å². The van der Waals surface area contributed by atoms with Crippen molar-refractivity contribution in [2.45, 2.75) is 44.1 Å². The van der Waals surface area contributed by atoms with E-state index in [2.05, 4.69) is 10.9 Å². The number of hydrazine groups is 1. The third kappa shape index (κ3) is 4.11. The Bertz CT molecular complexity index is 445. The van der Waals surface area contributed by atoms with E-state index in [1.165, 1.54) is 0 Å². The van der Waals surface area contributed by atoms with E-state index in [-0.39, 0.29) is 12.3 Å². The number of hydrogen-bond acceptors (Lipinski definition) is 3. The molecule has 1 saturated carbocycles. The molecule has 1 aromatic carbocycles. The maximum absolute atomic E-state index is 11.8. The van der Waals surface area contributed by atoms with Crippen LogP contribution in [0.5, 0.6) is 0 Å². The normalized spacial score (nSPS) is 17.8. The number of aliphatic hydroxyl groups is 1. The van der Waals surface area contributed by atoms with Crippen LogP contribution in [0.15, 0.2) is 24.3 Å². The molecule has 19 heavy (non-hydrogen) atoms. The Kier molecular flexibility index (Phi) is 4.66. The monoisotopic (exact) mass is 282 g/mol. The van der Waals surface area contributed by atoms with Crippen LogP contribution >= 0.6 is 11.6 Å². The summed E-state index contributed by atoms with van der Waals surface area (Å²) in [4.78, 5) is 11.8. The first-order chi connectivity index (χ1) is 9.09. The molecule has 3 N–H and O–H groups in total. The zero-order chi connectivity index (χ0) is 13.7. The lowest BCUT2D eigenvalue weighted by Crippen LogP contribution is -2.40. The number of carbonyl (C=O) groups is 1. The third-order valence-corrected chi connectivity index (χ3v) is 3.81. The van der Waals surface area contributed by atoms with Crippen molar-refractivity contribution in [3.8, 4) is 0 Å². The number of benzene rings is 1. The fourth-order valence-corrected chi connectivity index (χ4v) is 2.61. The molecule has 0 heterocycles. The zero-order valence-corrected chi connectivity index (χ0v) is 11.5. The number of carbonyl (C=O) groups excluding carboxylic acids is 1. The van der Waals surface area contributed by atoms with Crippen LogP contribution in [0.25, 0.3) is 0 Å². The van der Waals surface area contributed by atoms with Crippen LogP contribution in [-0.4, -0.2) is 16.6 Å². The Hall–Kier alpha value is -1.26. The molecule has 1 fully saturated rings. The summed E-state index contributed by atoms with van der Waals surface area (Å²) < 4.78 is 0. The summed E-state index contributed by atoms with van der Waals surface area (Å²) >= 11 is 5.96. The first-order valence-electron chi connectivity index (χ1n) is 6.61. The van der Waals surface area contributed by atoms with Crippen LogP contribution in [0.1, 0.15) is 38.5 Å². The average Bonchev–Trinajstić information content (AvgIpc) is 2.38. The molecule has 0 aliphatic heterocycles. The Labute approximate surface area is 118 Å². The summed E-state index contributed by atoms with van der Waals surface area (Å²) in [5.74, 6) is -0.218. The average molecular weight is 283 g/mol. The summed E-state index contributed by atoms with van der Waals surface area (Å²) in [6.45, 7) is 0. The second-order valence-electron chi connectivity index (χ2n) is 5.11. The van der Waals surface area contributed by atoms with Crippen molar-refractivity contribution in [1.29, 1.82) is 0 Å². The topological polar surface area (TPSA) is 61.4 Å². The van der Waals surface area contributed by atoms with Crippen LogP contribution in [0, 0.1) is 0 Å². The number of hydrogen-bond donors (Lipinski definition) is 3. The molecule has 2 rings (SSSR count). The Morgan fingerprint density at radius 3 is 2.63 bits per heavy atom. The van der Waals surface area contributed by atoms with Gasteiger partial charge in [0, 0.05) is 0 Å². The van der Waals surface area contributed by atoms with Crippen molar-refractivity contribution >= 4 is 23.2 Å². The van der Waals surface area contributed by atoms with Crippen LogP contribution in [0.3, 0.4) is 0 Å². The van der Waals surface area contributed by atoms with Crippen LogP contribution < -0.4 is 10.9 Å². The minimum atomic E-state index is -0.843. The molecule has 0 atom stereocenters. The van der Waals surface area contributed by atoms with Gasteiger partial charge >= 0.3 is 0 Å². The predicted molar refractivity (Wildman–Crippen MR) is 75.9 cm³/mol. The minimum Gasteiger partial charge on any atom is -0.389 e. The van der Waals surface area contributed by atoms with E-state index >= 15 is 0 Å². The first-order valence-corrected chi connectivity index (χ1v) is 6.99. The van der Waals surface area contributed by atoms with Crippen molar-refractivity contribution in [3.05, 3.63) is 29.3 Å². The van der Waals surface area contributed by atoms with Gasteiger partial charge in [0.15, 0.2) is 0 Å². The van der Waals surface area contributed by atoms with Crippen LogP contribution in [0.4, 0.5) is 5.69 Å². The van der Waals surface area contributed by atoms with Crippen LogP contribution in [0.2, 0.25) is 5.02 Å². The van der Waals surface area contributed by atoms with Gasteiger partial charge in [-0.05, 0) is 25.0 Å². The fraction of sp³-hybridized carbons (Fsp3) is 0.500. The quantitative estimate of drug-likeness (QED) is 0.744. The standard InChI is InChI=1S/C14H19ClN2O2/c15-11-6-2-3-7-12(11)16-17-13(18)10-14(19)8-4-1-5-9-14/h2-3,6-7,16,19H,1,4-5,8-10H2,(H,17,18). The van der Waals surface area contributed by atoms with Crippen molar-refractivity contribution < 1.29 is 9.90 Å². The van der Waals surface area contributed by atoms with Crippen molar-refractivity contribution in [3.63, 3.8) is 0 Å². The highest BCUT2D eigenvalue weighted by atomic mass is 35.5. The zero-order valence-electron chi connectivity index (χ0n) is 10.8. The Morgan fingerprint density at radius 2 is 1.95 bits per heavy atom. The molecule has 0 bridgehead atoms. The van der Waals surface area contributed by atoms with E-state index < -0.39 is 5.60 Å². The van der Waals surface area contributed by atoms with Gasteiger partial charge in [-0.1, -0.05) is 43.0 Å². The molecular weight excluding hydrogens is 264 g/mol. The van der Waals surface area contributed by atoms with Gasteiger partial charge in [-0.2, -0.15) is 0 Å². The molecule has 0 radical (unpaired) electrons. The number of nitrogens with one attached hydrogen (secondary N) is 2. The molecule has 0 spiro atoms. The van der Waals surface area contributed by atoms with Gasteiger partial charge in [0.1, 0.15) is 0 Å². The summed E-state index contributed by atoms with van der Waals surface area (Å²) in [6, 6.07) is 7.16. The summed E-state index contributed by atoms with van der Waals surface area (Å²) in [7, 11) is 0. The lowest BCUT2D eigenvalue weighted by molar-refractivity contribution is -0.126. The Balaban J connectivity index is 1.83. The van der Waals surface area contributed by atoms with E-state index in [0.29, 0.717) is 23.6 Å². The maximum Gasteiger partial charge on any atom is 0.241 e. The molecule has 0 unspecified atom stereocenters. The Morgan fingerprint density at radius 1 is 1.26 bits per heavy atom. The molecule has 4 nitrogen and oxygen atoms in total. The molecule has 1 aromatic rings. The molecule has 5 heteroatoms. The number of amides is 1. The summed E-state index contributed by atoms with van der Waals surface area (Å²) in [5, 5.41) is 10.8. The van der Waals surface area contributed by atoms with E-state index in [1.54, 1.807) is 12.1 Å². The van der Waals surface area contributed by atoms with Gasteiger partial charge in [0.25, 0.3) is 0 Å². The van der Waals surface area contributed by atoms with Gasteiger partial charge in [-0.25, -0.2) is 0 Å². The highest BCUT2D eigenvalue weighted by Gasteiger charge is 2.31. The molecule has 104 valence electrons. The van der Waals surface area contributed by atoms with Gasteiger partial charge in [-0.15, -0.1) is 0 Å². The van der Waals surface area contributed by atoms with Crippen molar-refractivity contribution in [1.82, 2.24) is 5.43 Å². The van der Waals surface area contributed by atoms with Gasteiger partial charge in [0.05, 0.1) is 22.7 Å². The molecular formula is C14H19ClN2O2. The van der Waals surface area contributed by atoms with Gasteiger partial charge in [-0.3, -0.25) is 15.6 Å². The maximum atomic E-state index is 11.8. The second kappa shape index (κ2) is 6.26. The number of halogens is 1. The van der Waals surface area contributed by atoms with Crippen LogP contribution in [-0.2, 0) is 4.79 Å². The van der Waals surface area contributed by atoms with E-state index in [1.807, 2.05) is 12.1 Å². The largest absolute Gasteiger partial charge is 0.389 e. The van der Waals surface area contributed by atoms with E-state index in [0.717, 1.165) is 19.3 Å². The predicted octanol–water partition coefficient (Wildman–Crippen LogP) is 2.87. The molecule has 1 amide bonds. The highest BCUT2D eigenvalue weighted by molar-refractivity contribution is 6.33. The third-order valence-electron chi connectivity index (χ3n) is 3.48. The van der Waals surface area contributed by atoms with E-state index in [9.17, 15) is 9.90 Å². The highest BCUT2D eigenvalue weighted by Crippen LogP contribution is 2.30. The smallest absolute Gasteiger partial charge is 0.241 e. The summed E-state index contributed by atoms with van der Waals surface area (Å²) in [5.41, 5.74) is 5.16. The second-order valence-corrected chi connectivity index (χ2v) is 5.52. The van der Waals surface area contributed by atoms with Gasteiger partial charge in [0.2, 0.25) is 5.91 Å². The molecule has 1 aliphatic carbocycles. The molecule has 0 aromatic heterocycles. The number of anilines is 1. The molecule has 1 aliphatic rings. The lowest BCUT2D eigenvalue weighted by Gasteiger charge is -2.31. The number of rotatable bonds is 4.